The van der Waals surface area contributed by atoms with Crippen LogP contribution in [0.25, 0.3) is 0 Å². The molecule has 3 N–H and O–H groups in total. The van der Waals surface area contributed by atoms with Gasteiger partial charge < -0.3 is 10.5 Å². The Morgan fingerprint density at radius 3 is 2.85 bits per heavy atom. The Bertz CT molecular complexity index is 615. The highest BCUT2D eigenvalue weighted by atomic mass is 79.9. The third-order valence-electron chi connectivity index (χ3n) is 3.26. The topological polar surface area (TPSA) is 81.4 Å². The van der Waals surface area contributed by atoms with Gasteiger partial charge in [-0.15, -0.1) is 0 Å². The Kier molecular flexibility index (Phi) is 4.66. The predicted octanol–water partition coefficient (Wildman–Crippen LogP) is 2.53. The fourth-order valence-corrected chi connectivity index (χ4v) is 4.53. The zero-order valence-electron chi connectivity index (χ0n) is 10.9. The summed E-state index contributed by atoms with van der Waals surface area (Å²) in [6.45, 7) is 2.77. The monoisotopic (exact) mass is 382 g/mol. The normalized spacial score (nSPS) is 23.1. The third kappa shape index (κ3) is 3.46. The van der Waals surface area contributed by atoms with Gasteiger partial charge in [0.15, 0.2) is 0 Å². The van der Waals surface area contributed by atoms with Crippen molar-refractivity contribution in [1.82, 2.24) is 4.72 Å². The first-order valence-electron chi connectivity index (χ1n) is 6.12. The molecule has 1 heterocycles. The van der Waals surface area contributed by atoms with Crippen LogP contribution in [0.4, 0.5) is 5.69 Å². The van der Waals surface area contributed by atoms with Crippen molar-refractivity contribution in [3.05, 3.63) is 21.6 Å². The van der Waals surface area contributed by atoms with Crippen molar-refractivity contribution in [2.75, 3.05) is 18.9 Å². The van der Waals surface area contributed by atoms with Gasteiger partial charge in [-0.2, -0.15) is 0 Å². The fourth-order valence-electron chi connectivity index (χ4n) is 2.08. The highest BCUT2D eigenvalue weighted by molar-refractivity contribution is 9.10. The second-order valence-corrected chi connectivity index (χ2v) is 8.00. The van der Waals surface area contributed by atoms with Crippen LogP contribution in [-0.4, -0.2) is 27.2 Å². The van der Waals surface area contributed by atoms with Crippen LogP contribution in [-0.2, 0) is 14.8 Å². The van der Waals surface area contributed by atoms with Gasteiger partial charge in [0.2, 0.25) is 10.0 Å². The molecule has 2 rings (SSSR count). The molecule has 1 aliphatic heterocycles. The summed E-state index contributed by atoms with van der Waals surface area (Å²) in [6, 6.07) is 2.86. The summed E-state index contributed by atoms with van der Waals surface area (Å²) in [6.07, 6.45) is 1.76. The van der Waals surface area contributed by atoms with Crippen LogP contribution in [0.3, 0.4) is 0 Å². The molecule has 8 heteroatoms. The molecule has 0 radical (unpaired) electrons. The molecule has 5 nitrogen and oxygen atoms in total. The number of halogens is 2. The maximum absolute atomic E-state index is 12.3. The Hall–Kier alpha value is -0.340. The maximum Gasteiger partial charge on any atom is 0.241 e. The van der Waals surface area contributed by atoms with Crippen molar-refractivity contribution in [2.24, 2.45) is 0 Å². The number of benzene rings is 1. The lowest BCUT2D eigenvalue weighted by Crippen LogP contribution is -2.40. The van der Waals surface area contributed by atoms with Gasteiger partial charge in [-0.25, -0.2) is 13.1 Å². The summed E-state index contributed by atoms with van der Waals surface area (Å²) < 4.78 is 33.1. The minimum atomic E-state index is -3.70. The van der Waals surface area contributed by atoms with Gasteiger partial charge in [-0.3, -0.25) is 0 Å². The van der Waals surface area contributed by atoms with E-state index in [9.17, 15) is 8.42 Å². The summed E-state index contributed by atoms with van der Waals surface area (Å²) >= 11 is 9.05. The van der Waals surface area contributed by atoms with E-state index in [1.807, 2.05) is 6.92 Å². The molecule has 112 valence electrons. The van der Waals surface area contributed by atoms with E-state index in [0.717, 1.165) is 12.8 Å². The third-order valence-corrected chi connectivity index (χ3v) is 6.05. The smallest absolute Gasteiger partial charge is 0.241 e. The molecular weight excluding hydrogens is 368 g/mol. The van der Waals surface area contributed by atoms with Crippen molar-refractivity contribution in [3.8, 4) is 0 Å². The highest BCUT2D eigenvalue weighted by Gasteiger charge is 2.32. The van der Waals surface area contributed by atoms with E-state index < -0.39 is 15.6 Å². The Labute approximate surface area is 132 Å². The molecular formula is C12H16BrClN2O3S. The van der Waals surface area contributed by atoms with Gasteiger partial charge in [-0.05, 0) is 47.8 Å². The maximum atomic E-state index is 12.3. The minimum absolute atomic E-state index is 0.0316. The first kappa shape index (κ1) is 16.0. The molecule has 0 amide bonds. The number of rotatable bonds is 4. The van der Waals surface area contributed by atoms with E-state index in [2.05, 4.69) is 20.7 Å². The van der Waals surface area contributed by atoms with Gasteiger partial charge in [0.1, 0.15) is 0 Å². The standard InChI is InChI=1S/C12H16BrClN2O3S/c1-12(3-2-4-19-12)7-16-20(17,18)10-6-8(14)5-9(15)11(10)13/h5-6,16H,2-4,7,15H2,1H3. The van der Waals surface area contributed by atoms with Crippen molar-refractivity contribution in [2.45, 2.75) is 30.3 Å². The second-order valence-electron chi connectivity index (χ2n) is 5.03. The van der Waals surface area contributed by atoms with Gasteiger partial charge in [0, 0.05) is 23.9 Å². The first-order valence-corrected chi connectivity index (χ1v) is 8.77. The van der Waals surface area contributed by atoms with Crippen LogP contribution in [0.15, 0.2) is 21.5 Å². The molecule has 1 unspecified atom stereocenters. The number of sulfonamides is 1. The molecule has 1 atom stereocenters. The van der Waals surface area contributed by atoms with Crippen LogP contribution in [0, 0.1) is 0 Å². The van der Waals surface area contributed by atoms with Crippen LogP contribution < -0.4 is 10.5 Å². The van der Waals surface area contributed by atoms with E-state index in [4.69, 9.17) is 22.1 Å². The van der Waals surface area contributed by atoms with E-state index in [1.165, 1.54) is 12.1 Å². The zero-order valence-corrected chi connectivity index (χ0v) is 14.1. The van der Waals surface area contributed by atoms with Crippen LogP contribution in [0.5, 0.6) is 0 Å². The largest absolute Gasteiger partial charge is 0.398 e. The van der Waals surface area contributed by atoms with Crippen molar-refractivity contribution in [3.63, 3.8) is 0 Å². The second kappa shape index (κ2) is 5.81. The highest BCUT2D eigenvalue weighted by Crippen LogP contribution is 2.32. The summed E-state index contributed by atoms with van der Waals surface area (Å²) in [5.74, 6) is 0. The predicted molar refractivity (Wildman–Crippen MR) is 82.3 cm³/mol. The fraction of sp³-hybridized carbons (Fsp3) is 0.500. The lowest BCUT2D eigenvalue weighted by Gasteiger charge is -2.23. The number of hydrogen-bond donors (Lipinski definition) is 2. The number of nitrogen functional groups attached to an aromatic ring is 1. The van der Waals surface area contributed by atoms with Gasteiger partial charge >= 0.3 is 0 Å². The van der Waals surface area contributed by atoms with E-state index in [1.54, 1.807) is 0 Å². The van der Waals surface area contributed by atoms with Crippen LogP contribution in [0.1, 0.15) is 19.8 Å². The van der Waals surface area contributed by atoms with Crippen molar-refractivity contribution in [1.29, 1.82) is 0 Å². The average Bonchev–Trinajstić information content (AvgIpc) is 2.79. The quantitative estimate of drug-likeness (QED) is 0.783. The van der Waals surface area contributed by atoms with Crippen LogP contribution >= 0.6 is 27.5 Å². The summed E-state index contributed by atoms with van der Waals surface area (Å²) in [5, 5.41) is 0.273. The zero-order chi connectivity index (χ0) is 15.0. The lowest BCUT2D eigenvalue weighted by molar-refractivity contribution is 0.0250. The molecule has 0 aliphatic carbocycles. The summed E-state index contributed by atoms with van der Waals surface area (Å²) in [5.41, 5.74) is 5.54. The SMILES string of the molecule is CC1(CNS(=O)(=O)c2cc(Cl)cc(N)c2Br)CCCO1. The van der Waals surface area contributed by atoms with Crippen LogP contribution in [0.2, 0.25) is 5.02 Å². The van der Waals surface area contributed by atoms with Crippen molar-refractivity contribution < 1.29 is 13.2 Å². The Morgan fingerprint density at radius 1 is 1.55 bits per heavy atom. The van der Waals surface area contributed by atoms with Gasteiger partial charge in [-0.1, -0.05) is 11.6 Å². The first-order chi connectivity index (χ1) is 9.23. The number of ether oxygens (including phenoxy) is 1. The van der Waals surface area contributed by atoms with Crippen molar-refractivity contribution >= 4 is 43.2 Å². The molecule has 1 saturated heterocycles. The average molecular weight is 384 g/mol. The number of hydrogen-bond acceptors (Lipinski definition) is 4. The Balaban J connectivity index is 2.22. The molecule has 20 heavy (non-hydrogen) atoms. The molecule has 1 aromatic rings. The molecule has 0 bridgehead atoms. The molecule has 1 aromatic carbocycles. The summed E-state index contributed by atoms with van der Waals surface area (Å²) in [7, 11) is -3.70. The molecule has 0 aromatic heterocycles. The molecule has 0 spiro atoms. The number of nitrogens with one attached hydrogen (secondary N) is 1. The Morgan fingerprint density at radius 2 is 2.25 bits per heavy atom. The van der Waals surface area contributed by atoms with E-state index in [0.29, 0.717) is 11.1 Å². The van der Waals surface area contributed by atoms with Gasteiger partial charge in [0.05, 0.1) is 15.0 Å². The van der Waals surface area contributed by atoms with E-state index in [-0.39, 0.29) is 22.2 Å². The summed E-state index contributed by atoms with van der Waals surface area (Å²) in [4.78, 5) is 0.0316. The molecule has 1 fully saturated rings. The lowest BCUT2D eigenvalue weighted by atomic mass is 10.0. The minimum Gasteiger partial charge on any atom is -0.398 e. The molecule has 1 aliphatic rings. The van der Waals surface area contributed by atoms with Gasteiger partial charge in [0.25, 0.3) is 0 Å². The number of nitrogens with two attached hydrogens (primary N) is 1. The number of anilines is 1. The van der Waals surface area contributed by atoms with E-state index >= 15 is 0 Å². The molecule has 0 saturated carbocycles.